The van der Waals surface area contributed by atoms with Gasteiger partial charge >= 0.3 is 5.97 Å². The van der Waals surface area contributed by atoms with E-state index in [1.54, 1.807) is 14.1 Å². The van der Waals surface area contributed by atoms with Crippen molar-refractivity contribution >= 4 is 21.7 Å². The lowest BCUT2D eigenvalue weighted by Gasteiger charge is -2.26. The minimum atomic E-state index is -2.99. The lowest BCUT2D eigenvalue weighted by atomic mass is 10.2. The molecule has 1 amide bonds. The third-order valence-electron chi connectivity index (χ3n) is 3.70. The van der Waals surface area contributed by atoms with Gasteiger partial charge in [0.25, 0.3) is 0 Å². The zero-order valence-corrected chi connectivity index (χ0v) is 13.7. The molecule has 1 rings (SSSR count). The van der Waals surface area contributed by atoms with E-state index in [-0.39, 0.29) is 36.0 Å². The van der Waals surface area contributed by atoms with Crippen LogP contribution in [0.5, 0.6) is 0 Å². The van der Waals surface area contributed by atoms with E-state index in [0.29, 0.717) is 25.8 Å². The highest BCUT2D eigenvalue weighted by atomic mass is 32.2. The fraction of sp³-hybridized carbons (Fsp3) is 0.846. The molecule has 0 saturated carbocycles. The number of likely N-dealkylation sites (N-methyl/N-ethyl adjacent to an activating group) is 2. The fourth-order valence-corrected chi connectivity index (χ4v) is 4.08. The summed E-state index contributed by atoms with van der Waals surface area (Å²) in [6.07, 6.45) is 1.46. The predicted octanol–water partition coefficient (Wildman–Crippen LogP) is -0.483. The zero-order valence-electron chi connectivity index (χ0n) is 12.9. The van der Waals surface area contributed by atoms with E-state index in [4.69, 9.17) is 0 Å². The molecule has 1 fully saturated rings. The first-order valence-corrected chi connectivity index (χ1v) is 8.78. The minimum absolute atomic E-state index is 0.0568. The van der Waals surface area contributed by atoms with Crippen LogP contribution in [0.25, 0.3) is 0 Å². The molecular weight excluding hydrogens is 296 g/mol. The Labute approximate surface area is 126 Å². The number of hydrogen-bond acceptors (Lipinski definition) is 6. The lowest BCUT2D eigenvalue weighted by Crippen LogP contribution is -2.43. The van der Waals surface area contributed by atoms with E-state index in [2.05, 4.69) is 4.74 Å². The van der Waals surface area contributed by atoms with Gasteiger partial charge in [-0.3, -0.25) is 14.5 Å². The molecule has 0 N–H and O–H groups in total. The summed E-state index contributed by atoms with van der Waals surface area (Å²) in [5.41, 5.74) is 0. The molecule has 0 aromatic rings. The number of carbonyl (C=O) groups excluding carboxylic acids is 2. The summed E-state index contributed by atoms with van der Waals surface area (Å²) in [6.45, 7) is 0.825. The molecule has 1 aliphatic rings. The first kappa shape index (κ1) is 17.9. The maximum absolute atomic E-state index is 12.1. The Balaban J connectivity index is 2.33. The van der Waals surface area contributed by atoms with Gasteiger partial charge in [-0.15, -0.1) is 0 Å². The van der Waals surface area contributed by atoms with Gasteiger partial charge in [0, 0.05) is 19.5 Å². The van der Waals surface area contributed by atoms with E-state index < -0.39 is 9.84 Å². The maximum Gasteiger partial charge on any atom is 0.305 e. The second kappa shape index (κ2) is 7.74. The molecule has 0 radical (unpaired) electrons. The topological polar surface area (TPSA) is 84.0 Å². The Hall–Kier alpha value is -1.15. The van der Waals surface area contributed by atoms with Gasteiger partial charge in [-0.25, -0.2) is 8.42 Å². The summed E-state index contributed by atoms with van der Waals surface area (Å²) in [4.78, 5) is 26.4. The van der Waals surface area contributed by atoms with Crippen LogP contribution in [0.1, 0.15) is 19.3 Å². The second-order valence-corrected chi connectivity index (χ2v) is 7.71. The summed E-state index contributed by atoms with van der Waals surface area (Å²) < 4.78 is 27.4. The number of amides is 1. The van der Waals surface area contributed by atoms with Crippen LogP contribution in [0.3, 0.4) is 0 Å². The van der Waals surface area contributed by atoms with E-state index >= 15 is 0 Å². The van der Waals surface area contributed by atoms with Crippen molar-refractivity contribution in [3.63, 3.8) is 0 Å². The summed E-state index contributed by atoms with van der Waals surface area (Å²) in [5, 5.41) is 0. The van der Waals surface area contributed by atoms with Crippen LogP contribution >= 0.6 is 0 Å². The Morgan fingerprint density at radius 1 is 1.29 bits per heavy atom. The molecule has 1 aliphatic heterocycles. The van der Waals surface area contributed by atoms with Gasteiger partial charge in [-0.1, -0.05) is 0 Å². The average molecular weight is 320 g/mol. The SMILES string of the molecule is COC(=O)CCCN(C)CC(=O)N(C)C1CCS(=O)(=O)C1. The van der Waals surface area contributed by atoms with Crippen molar-refractivity contribution in [1.29, 1.82) is 0 Å². The molecule has 1 heterocycles. The number of esters is 1. The minimum Gasteiger partial charge on any atom is -0.469 e. The Morgan fingerprint density at radius 2 is 1.95 bits per heavy atom. The van der Waals surface area contributed by atoms with Crippen molar-refractivity contribution in [2.24, 2.45) is 0 Å². The van der Waals surface area contributed by atoms with E-state index in [1.807, 2.05) is 4.90 Å². The quantitative estimate of drug-likeness (QED) is 0.589. The number of hydrogen-bond donors (Lipinski definition) is 0. The third kappa shape index (κ3) is 6.01. The number of carbonyl (C=O) groups is 2. The van der Waals surface area contributed by atoms with Crippen LogP contribution in [0, 0.1) is 0 Å². The van der Waals surface area contributed by atoms with Crippen molar-refractivity contribution in [2.45, 2.75) is 25.3 Å². The highest BCUT2D eigenvalue weighted by molar-refractivity contribution is 7.91. The normalized spacial score (nSPS) is 20.5. The summed E-state index contributed by atoms with van der Waals surface area (Å²) in [7, 11) is 1.81. The molecule has 0 aromatic carbocycles. The first-order valence-electron chi connectivity index (χ1n) is 6.96. The third-order valence-corrected chi connectivity index (χ3v) is 5.45. The van der Waals surface area contributed by atoms with Crippen molar-refractivity contribution < 1.29 is 22.7 Å². The summed E-state index contributed by atoms with van der Waals surface area (Å²) in [5.74, 6) is -0.147. The molecule has 0 spiro atoms. The number of methoxy groups -OCH3 is 1. The molecule has 8 heteroatoms. The molecule has 0 aliphatic carbocycles. The maximum atomic E-state index is 12.1. The molecule has 0 aromatic heterocycles. The van der Waals surface area contributed by atoms with Gasteiger partial charge in [0.1, 0.15) is 0 Å². The van der Waals surface area contributed by atoms with E-state index in [9.17, 15) is 18.0 Å². The van der Waals surface area contributed by atoms with E-state index in [1.165, 1.54) is 12.0 Å². The Kier molecular flexibility index (Phi) is 6.60. The highest BCUT2D eigenvalue weighted by Gasteiger charge is 2.32. The van der Waals surface area contributed by atoms with Crippen LogP contribution in [-0.4, -0.2) is 81.9 Å². The highest BCUT2D eigenvalue weighted by Crippen LogP contribution is 2.16. The standard InChI is InChI=1S/C13H24N2O5S/c1-14(7-4-5-13(17)20-3)9-12(16)15(2)11-6-8-21(18,19)10-11/h11H,4-10H2,1-3H3. The Morgan fingerprint density at radius 3 is 2.48 bits per heavy atom. The van der Waals surface area contributed by atoms with Gasteiger partial charge < -0.3 is 9.64 Å². The van der Waals surface area contributed by atoms with Gasteiger partial charge in [0.2, 0.25) is 5.91 Å². The average Bonchev–Trinajstić information content (AvgIpc) is 2.77. The van der Waals surface area contributed by atoms with Gasteiger partial charge in [-0.05, 0) is 26.4 Å². The van der Waals surface area contributed by atoms with E-state index in [0.717, 1.165) is 0 Å². The largest absolute Gasteiger partial charge is 0.469 e. The van der Waals surface area contributed by atoms with Crippen molar-refractivity contribution in [1.82, 2.24) is 9.80 Å². The first-order chi connectivity index (χ1) is 9.75. The number of sulfone groups is 1. The molecule has 122 valence electrons. The van der Waals surface area contributed by atoms with Crippen LogP contribution in [-0.2, 0) is 24.2 Å². The molecular formula is C13H24N2O5S. The van der Waals surface area contributed by atoms with Crippen molar-refractivity contribution in [2.75, 3.05) is 45.8 Å². The molecule has 1 unspecified atom stereocenters. The van der Waals surface area contributed by atoms with Gasteiger partial charge in [0.05, 0.1) is 25.2 Å². The molecule has 21 heavy (non-hydrogen) atoms. The number of nitrogens with zero attached hydrogens (tertiary/aromatic N) is 2. The Bertz CT molecular complexity index is 477. The van der Waals surface area contributed by atoms with Crippen molar-refractivity contribution in [3.05, 3.63) is 0 Å². The fourth-order valence-electron chi connectivity index (χ4n) is 2.30. The van der Waals surface area contributed by atoms with Crippen LogP contribution < -0.4 is 0 Å². The van der Waals surface area contributed by atoms with Crippen LogP contribution in [0.15, 0.2) is 0 Å². The lowest BCUT2D eigenvalue weighted by molar-refractivity contribution is -0.140. The smallest absolute Gasteiger partial charge is 0.305 e. The monoisotopic (exact) mass is 320 g/mol. The second-order valence-electron chi connectivity index (χ2n) is 5.48. The zero-order chi connectivity index (χ0) is 16.0. The molecule has 0 bridgehead atoms. The van der Waals surface area contributed by atoms with Crippen molar-refractivity contribution in [3.8, 4) is 0 Å². The number of rotatable bonds is 7. The molecule has 7 nitrogen and oxygen atoms in total. The molecule has 1 atom stereocenters. The summed E-state index contributed by atoms with van der Waals surface area (Å²) >= 11 is 0. The predicted molar refractivity (Wildman–Crippen MR) is 78.6 cm³/mol. The van der Waals surface area contributed by atoms with Crippen LogP contribution in [0.2, 0.25) is 0 Å². The van der Waals surface area contributed by atoms with Crippen LogP contribution in [0.4, 0.5) is 0 Å². The summed E-state index contributed by atoms with van der Waals surface area (Å²) in [6, 6.07) is -0.217. The van der Waals surface area contributed by atoms with Gasteiger partial charge in [0.15, 0.2) is 9.84 Å². The van der Waals surface area contributed by atoms with Gasteiger partial charge in [-0.2, -0.15) is 0 Å². The molecule has 1 saturated heterocycles. The number of ether oxygens (including phenoxy) is 1.